The number of hydrogen-bond donors (Lipinski definition) is 0. The molecule has 1 aromatic heterocycles. The number of aryl methyl sites for hydroxylation is 2. The van der Waals surface area contributed by atoms with Gasteiger partial charge in [-0.2, -0.15) is 0 Å². The number of halogens is 1. The fraction of sp³-hybridized carbons (Fsp3) is 0.391. The lowest BCUT2D eigenvalue weighted by Gasteiger charge is -2.21. The fourth-order valence-corrected chi connectivity index (χ4v) is 4.32. The Kier molecular flexibility index (Phi) is 9.08. The smallest absolute Gasteiger partial charge is 0.232 e. The first-order chi connectivity index (χ1) is 13.9. The van der Waals surface area contributed by atoms with Crippen LogP contribution in [-0.2, 0) is 4.79 Å². The van der Waals surface area contributed by atoms with E-state index >= 15 is 0 Å². The van der Waals surface area contributed by atoms with Gasteiger partial charge in [0.1, 0.15) is 5.75 Å². The summed E-state index contributed by atoms with van der Waals surface area (Å²) in [6.45, 7) is 6.11. The van der Waals surface area contributed by atoms with Crippen LogP contribution in [0.25, 0.3) is 10.2 Å². The molecule has 0 N–H and O–H groups in total. The molecule has 1 heterocycles. The second kappa shape index (κ2) is 11.3. The maximum atomic E-state index is 13.0. The summed E-state index contributed by atoms with van der Waals surface area (Å²) in [6, 6.07) is 13.9. The molecule has 0 saturated carbocycles. The van der Waals surface area contributed by atoms with E-state index in [0.717, 1.165) is 34.1 Å². The standard InChI is InChI=1S/C23H29N3O2S.ClH/c1-17-15-18(2)22-20(16-17)24-23(29-22)26(13-8-12-25(3)4)21(27)11-14-28-19-9-6-5-7-10-19;/h5-7,9-10,15-16H,8,11-14H2,1-4H3;1H. The SMILES string of the molecule is Cc1cc(C)c2sc(N(CCCN(C)C)C(=O)CCOc3ccccc3)nc2c1.Cl. The number of amides is 1. The maximum Gasteiger partial charge on any atom is 0.232 e. The summed E-state index contributed by atoms with van der Waals surface area (Å²) in [5.74, 6) is 0.832. The summed E-state index contributed by atoms with van der Waals surface area (Å²) >= 11 is 1.60. The van der Waals surface area contributed by atoms with Gasteiger partial charge in [0.2, 0.25) is 5.91 Å². The molecule has 5 nitrogen and oxygen atoms in total. The molecule has 162 valence electrons. The minimum atomic E-state index is 0. The van der Waals surface area contributed by atoms with Gasteiger partial charge in [-0.3, -0.25) is 9.69 Å². The summed E-state index contributed by atoms with van der Waals surface area (Å²) in [6.07, 6.45) is 1.22. The maximum absolute atomic E-state index is 13.0. The fourth-order valence-electron chi connectivity index (χ4n) is 3.26. The molecule has 0 fully saturated rings. The number of carbonyl (C=O) groups is 1. The van der Waals surface area contributed by atoms with Crippen molar-refractivity contribution in [2.45, 2.75) is 26.7 Å². The van der Waals surface area contributed by atoms with E-state index in [9.17, 15) is 4.79 Å². The molecule has 7 heteroatoms. The Morgan fingerprint density at radius 1 is 1.10 bits per heavy atom. The van der Waals surface area contributed by atoms with Gasteiger partial charge in [-0.25, -0.2) is 4.98 Å². The molecule has 0 bridgehead atoms. The van der Waals surface area contributed by atoms with Gasteiger partial charge in [-0.1, -0.05) is 35.6 Å². The molecule has 2 aromatic carbocycles. The van der Waals surface area contributed by atoms with Gasteiger partial charge in [0.15, 0.2) is 5.13 Å². The highest BCUT2D eigenvalue weighted by molar-refractivity contribution is 7.22. The van der Waals surface area contributed by atoms with Gasteiger partial charge in [0.25, 0.3) is 0 Å². The zero-order valence-corrected chi connectivity index (χ0v) is 19.7. The molecule has 3 aromatic rings. The average Bonchev–Trinajstić information content (AvgIpc) is 3.09. The molecule has 0 aliphatic carbocycles. The van der Waals surface area contributed by atoms with E-state index in [1.807, 2.05) is 49.3 Å². The molecular weight excluding hydrogens is 418 g/mol. The van der Waals surface area contributed by atoms with Crippen molar-refractivity contribution in [3.05, 3.63) is 53.6 Å². The van der Waals surface area contributed by atoms with Crippen molar-refractivity contribution in [3.63, 3.8) is 0 Å². The van der Waals surface area contributed by atoms with Crippen molar-refractivity contribution in [3.8, 4) is 5.75 Å². The number of anilines is 1. The van der Waals surface area contributed by atoms with E-state index < -0.39 is 0 Å². The lowest BCUT2D eigenvalue weighted by Crippen LogP contribution is -2.34. The van der Waals surface area contributed by atoms with E-state index in [1.165, 1.54) is 11.1 Å². The molecule has 3 rings (SSSR count). The number of aromatic nitrogens is 1. The van der Waals surface area contributed by atoms with Crippen molar-refractivity contribution >= 4 is 45.0 Å². The molecule has 0 unspecified atom stereocenters. The van der Waals surface area contributed by atoms with Crippen LogP contribution in [0.15, 0.2) is 42.5 Å². The zero-order valence-electron chi connectivity index (χ0n) is 18.1. The first-order valence-corrected chi connectivity index (χ1v) is 10.8. The van der Waals surface area contributed by atoms with Gasteiger partial charge >= 0.3 is 0 Å². The van der Waals surface area contributed by atoms with Crippen LogP contribution < -0.4 is 9.64 Å². The van der Waals surface area contributed by atoms with E-state index in [-0.39, 0.29) is 18.3 Å². The number of benzene rings is 2. The van der Waals surface area contributed by atoms with Crippen LogP contribution in [0.5, 0.6) is 5.75 Å². The number of hydrogen-bond acceptors (Lipinski definition) is 5. The minimum absolute atomic E-state index is 0. The van der Waals surface area contributed by atoms with Crippen LogP contribution in [-0.4, -0.2) is 49.6 Å². The third-order valence-electron chi connectivity index (χ3n) is 4.66. The Morgan fingerprint density at radius 3 is 2.53 bits per heavy atom. The summed E-state index contributed by atoms with van der Waals surface area (Å²) in [4.78, 5) is 21.8. The molecule has 0 atom stereocenters. The largest absolute Gasteiger partial charge is 0.493 e. The third-order valence-corrected chi connectivity index (χ3v) is 5.89. The second-order valence-corrected chi connectivity index (χ2v) is 8.52. The molecule has 1 amide bonds. The van der Waals surface area contributed by atoms with Gasteiger partial charge in [-0.15, -0.1) is 12.4 Å². The normalized spacial score (nSPS) is 10.8. The third kappa shape index (κ3) is 6.42. The Balaban J connectivity index is 0.00000320. The number of para-hydroxylation sites is 1. The summed E-state index contributed by atoms with van der Waals surface area (Å²) < 4.78 is 6.88. The average molecular weight is 448 g/mol. The van der Waals surface area contributed by atoms with Crippen molar-refractivity contribution in [2.24, 2.45) is 0 Å². The minimum Gasteiger partial charge on any atom is -0.493 e. The van der Waals surface area contributed by atoms with E-state index in [4.69, 9.17) is 9.72 Å². The van der Waals surface area contributed by atoms with Crippen molar-refractivity contribution in [2.75, 3.05) is 38.7 Å². The van der Waals surface area contributed by atoms with Crippen molar-refractivity contribution < 1.29 is 9.53 Å². The number of rotatable bonds is 9. The Morgan fingerprint density at radius 2 is 1.83 bits per heavy atom. The number of ether oxygens (including phenoxy) is 1. The lowest BCUT2D eigenvalue weighted by molar-refractivity contribution is -0.119. The van der Waals surface area contributed by atoms with E-state index in [0.29, 0.717) is 19.6 Å². The second-order valence-electron chi connectivity index (χ2n) is 7.54. The summed E-state index contributed by atoms with van der Waals surface area (Å²) in [7, 11) is 4.09. The first kappa shape index (κ1) is 24.1. The van der Waals surface area contributed by atoms with Crippen LogP contribution in [0.1, 0.15) is 24.0 Å². The Bertz CT molecular complexity index is 960. The molecule has 0 saturated heterocycles. The molecule has 0 spiro atoms. The van der Waals surface area contributed by atoms with E-state index in [1.54, 1.807) is 11.3 Å². The number of nitrogens with zero attached hydrogens (tertiary/aromatic N) is 3. The number of carbonyl (C=O) groups excluding carboxylic acids is 1. The monoisotopic (exact) mass is 447 g/mol. The Hall–Kier alpha value is -2.15. The lowest BCUT2D eigenvalue weighted by atomic mass is 10.1. The summed E-state index contributed by atoms with van der Waals surface area (Å²) in [5, 5.41) is 0.775. The van der Waals surface area contributed by atoms with Crippen LogP contribution >= 0.6 is 23.7 Å². The molecule has 0 aliphatic rings. The highest BCUT2D eigenvalue weighted by atomic mass is 35.5. The molecular formula is C23H30ClN3O2S. The molecule has 0 aliphatic heterocycles. The van der Waals surface area contributed by atoms with Crippen LogP contribution in [0.2, 0.25) is 0 Å². The number of thiazole rings is 1. The quantitative estimate of drug-likeness (QED) is 0.458. The molecule has 0 radical (unpaired) electrons. The van der Waals surface area contributed by atoms with Crippen LogP contribution in [0.4, 0.5) is 5.13 Å². The highest BCUT2D eigenvalue weighted by Crippen LogP contribution is 2.32. The first-order valence-electron chi connectivity index (χ1n) is 9.95. The van der Waals surface area contributed by atoms with Gasteiger partial charge < -0.3 is 9.64 Å². The van der Waals surface area contributed by atoms with Crippen LogP contribution in [0, 0.1) is 13.8 Å². The van der Waals surface area contributed by atoms with Gasteiger partial charge in [-0.05, 0) is 70.2 Å². The highest BCUT2D eigenvalue weighted by Gasteiger charge is 2.20. The van der Waals surface area contributed by atoms with Crippen molar-refractivity contribution in [1.82, 2.24) is 9.88 Å². The van der Waals surface area contributed by atoms with Crippen LogP contribution in [0.3, 0.4) is 0 Å². The Labute approximate surface area is 189 Å². The molecule has 30 heavy (non-hydrogen) atoms. The van der Waals surface area contributed by atoms with Crippen molar-refractivity contribution in [1.29, 1.82) is 0 Å². The zero-order chi connectivity index (χ0) is 20.8. The topological polar surface area (TPSA) is 45.7 Å². The van der Waals surface area contributed by atoms with Gasteiger partial charge in [0, 0.05) is 6.54 Å². The van der Waals surface area contributed by atoms with Gasteiger partial charge in [0.05, 0.1) is 23.2 Å². The van der Waals surface area contributed by atoms with E-state index in [2.05, 4.69) is 30.9 Å². The summed E-state index contributed by atoms with van der Waals surface area (Å²) in [5.41, 5.74) is 3.36. The number of fused-ring (bicyclic) bond motifs is 1. The predicted molar refractivity (Wildman–Crippen MR) is 128 cm³/mol. The predicted octanol–water partition coefficient (Wildman–Crippen LogP) is 5.09.